The largest absolute Gasteiger partial charge is 0.323 e. The number of nitrogens with one attached hydrogen (secondary N) is 2. The third-order valence-electron chi connectivity index (χ3n) is 2.97. The Morgan fingerprint density at radius 3 is 3.09 bits per heavy atom. The molecule has 0 fully saturated rings. The predicted molar refractivity (Wildman–Crippen MR) is 87.3 cm³/mol. The minimum absolute atomic E-state index is 0.110. The number of carbonyl (C=O) groups excluding carboxylic acids is 1. The number of anilines is 1. The number of hydrogen-bond donors (Lipinski definition) is 2. The van der Waals surface area contributed by atoms with E-state index in [1.807, 2.05) is 29.6 Å². The fraction of sp³-hybridized carbons (Fsp3) is 0.133. The summed E-state index contributed by atoms with van der Waals surface area (Å²) in [5, 5.41) is 12.8. The third kappa shape index (κ3) is 3.93. The lowest BCUT2D eigenvalue weighted by Crippen LogP contribution is -2.14. The number of carbonyl (C=O) groups is 1. The fourth-order valence-electron chi connectivity index (χ4n) is 2.02. The van der Waals surface area contributed by atoms with E-state index in [0.717, 1.165) is 16.3 Å². The summed E-state index contributed by atoms with van der Waals surface area (Å²) in [5.74, 6) is -0.110. The molecule has 2 heterocycles. The van der Waals surface area contributed by atoms with Gasteiger partial charge in [0.1, 0.15) is 0 Å². The molecule has 2 N–H and O–H groups in total. The van der Waals surface area contributed by atoms with Gasteiger partial charge in [0.2, 0.25) is 5.91 Å². The van der Waals surface area contributed by atoms with Crippen molar-refractivity contribution in [2.45, 2.75) is 12.8 Å². The van der Waals surface area contributed by atoms with Crippen molar-refractivity contribution < 1.29 is 4.79 Å². The van der Waals surface area contributed by atoms with Crippen molar-refractivity contribution >= 4 is 34.5 Å². The summed E-state index contributed by atoms with van der Waals surface area (Å²) in [6, 6.07) is 7.70. The third-order valence-corrected chi connectivity index (χ3v) is 4.10. The lowest BCUT2D eigenvalue weighted by atomic mass is 10.2. The number of nitrogens with zero attached hydrogens (tertiary/aromatic N) is 2. The minimum Gasteiger partial charge on any atom is -0.323 e. The second-order valence-electron chi connectivity index (χ2n) is 4.75. The highest BCUT2D eigenvalue weighted by atomic mass is 35.5. The molecule has 7 heteroatoms. The van der Waals surface area contributed by atoms with Crippen molar-refractivity contribution in [3.63, 3.8) is 0 Å². The number of amides is 1. The van der Waals surface area contributed by atoms with E-state index < -0.39 is 0 Å². The first-order valence-electron chi connectivity index (χ1n) is 6.65. The number of hydrogen-bond acceptors (Lipinski definition) is 4. The van der Waals surface area contributed by atoms with Crippen molar-refractivity contribution in [3.8, 4) is 0 Å². The molecule has 0 unspecified atom stereocenters. The molecule has 0 saturated heterocycles. The first kappa shape index (κ1) is 14.7. The average Bonchev–Trinajstić information content (AvgIpc) is 3.11. The molecular weight excluding hydrogens is 320 g/mol. The van der Waals surface area contributed by atoms with E-state index in [2.05, 4.69) is 20.5 Å². The van der Waals surface area contributed by atoms with Crippen LogP contribution in [0.1, 0.15) is 16.3 Å². The first-order chi connectivity index (χ1) is 10.7. The highest BCUT2D eigenvalue weighted by molar-refractivity contribution is 7.09. The van der Waals surface area contributed by atoms with E-state index in [4.69, 9.17) is 11.6 Å². The number of H-pyrrole nitrogens is 1. The molecule has 0 spiro atoms. The Bertz CT molecular complexity index is 769. The van der Waals surface area contributed by atoms with Gasteiger partial charge in [0.15, 0.2) is 0 Å². The molecule has 2 aromatic heterocycles. The molecule has 1 aromatic carbocycles. The molecule has 112 valence electrons. The lowest BCUT2D eigenvalue weighted by Gasteiger charge is -2.00. The van der Waals surface area contributed by atoms with Crippen molar-refractivity contribution in [2.24, 2.45) is 0 Å². The molecule has 0 aliphatic rings. The quantitative estimate of drug-likeness (QED) is 0.753. The first-order valence-corrected chi connectivity index (χ1v) is 7.91. The Hall–Kier alpha value is -2.18. The van der Waals surface area contributed by atoms with Gasteiger partial charge in [0.25, 0.3) is 0 Å². The van der Waals surface area contributed by atoms with Crippen molar-refractivity contribution in [1.82, 2.24) is 15.2 Å². The molecule has 0 saturated carbocycles. The summed E-state index contributed by atoms with van der Waals surface area (Å²) in [6.07, 6.45) is 4.15. The predicted octanol–water partition coefficient (Wildman–Crippen LogP) is 3.29. The van der Waals surface area contributed by atoms with Gasteiger partial charge in [-0.25, -0.2) is 4.98 Å². The van der Waals surface area contributed by atoms with E-state index in [9.17, 15) is 4.79 Å². The second-order valence-corrected chi connectivity index (χ2v) is 6.13. The number of aromatic amines is 1. The van der Waals surface area contributed by atoms with Gasteiger partial charge in [-0.1, -0.05) is 23.7 Å². The summed E-state index contributed by atoms with van der Waals surface area (Å²) < 4.78 is 0. The Kier molecular flexibility index (Phi) is 4.50. The number of aromatic nitrogens is 3. The van der Waals surface area contributed by atoms with Gasteiger partial charge in [-0.3, -0.25) is 9.89 Å². The van der Waals surface area contributed by atoms with Gasteiger partial charge < -0.3 is 5.32 Å². The summed E-state index contributed by atoms with van der Waals surface area (Å²) >= 11 is 7.52. The van der Waals surface area contributed by atoms with E-state index in [-0.39, 0.29) is 12.3 Å². The zero-order chi connectivity index (χ0) is 15.4. The summed E-state index contributed by atoms with van der Waals surface area (Å²) in [5.41, 5.74) is 2.53. The van der Waals surface area contributed by atoms with Gasteiger partial charge in [-0.15, -0.1) is 11.3 Å². The summed E-state index contributed by atoms with van der Waals surface area (Å²) in [7, 11) is 0. The van der Waals surface area contributed by atoms with Crippen LogP contribution in [-0.4, -0.2) is 21.1 Å². The minimum atomic E-state index is -0.110. The van der Waals surface area contributed by atoms with E-state index in [1.54, 1.807) is 23.7 Å². The van der Waals surface area contributed by atoms with Crippen LogP contribution in [0.5, 0.6) is 0 Å². The molecule has 0 radical (unpaired) electrons. The zero-order valence-corrected chi connectivity index (χ0v) is 13.1. The maximum absolute atomic E-state index is 11.9. The van der Waals surface area contributed by atoms with Crippen LogP contribution < -0.4 is 5.32 Å². The monoisotopic (exact) mass is 332 g/mol. The number of rotatable bonds is 5. The Morgan fingerprint density at radius 1 is 1.41 bits per heavy atom. The average molecular weight is 333 g/mol. The van der Waals surface area contributed by atoms with Crippen LogP contribution in [0.4, 0.5) is 5.69 Å². The lowest BCUT2D eigenvalue weighted by molar-refractivity contribution is -0.115. The Balaban J connectivity index is 1.60. The molecule has 0 atom stereocenters. The van der Waals surface area contributed by atoms with Crippen molar-refractivity contribution in [3.05, 3.63) is 63.3 Å². The summed E-state index contributed by atoms with van der Waals surface area (Å²) in [6.45, 7) is 0. The molecule has 5 nitrogen and oxygen atoms in total. The molecule has 0 bridgehead atoms. The molecule has 1 amide bonds. The standard InChI is InChI=1S/C15H13ClN4OS/c16-11-3-1-2-10(4-11)5-15-20-12(9-22-15)6-14(21)19-13-7-17-18-8-13/h1-4,7-9H,5-6H2,(H,17,18)(H,19,21). The number of benzene rings is 1. The molecule has 3 aromatic rings. The van der Waals surface area contributed by atoms with Crippen LogP contribution in [0.3, 0.4) is 0 Å². The molecule has 22 heavy (non-hydrogen) atoms. The van der Waals surface area contributed by atoms with Gasteiger partial charge in [0.05, 0.1) is 29.0 Å². The topological polar surface area (TPSA) is 70.7 Å². The van der Waals surface area contributed by atoms with Crippen LogP contribution in [0, 0.1) is 0 Å². The molecule has 0 aliphatic heterocycles. The van der Waals surface area contributed by atoms with Gasteiger partial charge in [0, 0.05) is 23.0 Å². The maximum atomic E-state index is 11.9. The SMILES string of the molecule is O=C(Cc1csc(Cc2cccc(Cl)c2)n1)Nc1cn[nH]c1. The van der Waals surface area contributed by atoms with Crippen LogP contribution in [0.2, 0.25) is 5.02 Å². The van der Waals surface area contributed by atoms with Crippen molar-refractivity contribution in [2.75, 3.05) is 5.32 Å². The van der Waals surface area contributed by atoms with Crippen molar-refractivity contribution in [1.29, 1.82) is 0 Å². The highest BCUT2D eigenvalue weighted by Crippen LogP contribution is 2.18. The fourth-order valence-corrected chi connectivity index (χ4v) is 3.06. The van der Waals surface area contributed by atoms with Gasteiger partial charge >= 0.3 is 0 Å². The second kappa shape index (κ2) is 6.72. The number of halogens is 1. The van der Waals surface area contributed by atoms with Crippen LogP contribution in [0.15, 0.2) is 42.0 Å². The van der Waals surface area contributed by atoms with E-state index in [1.165, 1.54) is 0 Å². The number of thiazole rings is 1. The molecule has 3 rings (SSSR count). The molecular formula is C15H13ClN4OS. The van der Waals surface area contributed by atoms with Gasteiger partial charge in [-0.2, -0.15) is 5.10 Å². The molecule has 0 aliphatic carbocycles. The van der Waals surface area contributed by atoms with E-state index >= 15 is 0 Å². The van der Waals surface area contributed by atoms with Gasteiger partial charge in [-0.05, 0) is 17.7 Å². The smallest absolute Gasteiger partial charge is 0.230 e. The van der Waals surface area contributed by atoms with Crippen LogP contribution in [0.25, 0.3) is 0 Å². The normalized spacial score (nSPS) is 10.6. The Labute approximate surface area is 136 Å². The van der Waals surface area contributed by atoms with Crippen LogP contribution >= 0.6 is 22.9 Å². The Morgan fingerprint density at radius 2 is 2.32 bits per heavy atom. The zero-order valence-electron chi connectivity index (χ0n) is 11.5. The van der Waals surface area contributed by atoms with Crippen LogP contribution in [-0.2, 0) is 17.6 Å². The highest BCUT2D eigenvalue weighted by Gasteiger charge is 2.09. The summed E-state index contributed by atoms with van der Waals surface area (Å²) in [4.78, 5) is 16.4. The maximum Gasteiger partial charge on any atom is 0.230 e. The van der Waals surface area contributed by atoms with E-state index in [0.29, 0.717) is 17.1 Å².